The van der Waals surface area contributed by atoms with Gasteiger partial charge in [-0.05, 0) is 54.8 Å². The van der Waals surface area contributed by atoms with E-state index in [1.165, 1.54) is 11.9 Å². The van der Waals surface area contributed by atoms with Crippen LogP contribution in [0.3, 0.4) is 0 Å². The highest BCUT2D eigenvalue weighted by atomic mass is 35.5. The van der Waals surface area contributed by atoms with Crippen LogP contribution in [0.1, 0.15) is 11.1 Å². The highest BCUT2D eigenvalue weighted by molar-refractivity contribution is 7.99. The SMILES string of the molecule is Cc1cc(Cl)cc(Sc2nc3c(N)ncnc3n2CCc2ccncc2)c1. The van der Waals surface area contributed by atoms with Gasteiger partial charge in [0.15, 0.2) is 22.1 Å². The highest BCUT2D eigenvalue weighted by Gasteiger charge is 2.16. The molecule has 0 amide bonds. The van der Waals surface area contributed by atoms with E-state index in [1.54, 1.807) is 24.2 Å². The molecule has 0 aliphatic heterocycles. The zero-order valence-electron chi connectivity index (χ0n) is 14.6. The number of halogens is 1. The van der Waals surface area contributed by atoms with Crippen molar-refractivity contribution in [3.63, 3.8) is 0 Å². The molecule has 0 saturated heterocycles. The normalized spacial score (nSPS) is 11.2. The summed E-state index contributed by atoms with van der Waals surface area (Å²) in [5.41, 5.74) is 9.67. The Hall–Kier alpha value is -2.64. The summed E-state index contributed by atoms with van der Waals surface area (Å²) >= 11 is 7.76. The lowest BCUT2D eigenvalue weighted by Crippen LogP contribution is -2.04. The van der Waals surface area contributed by atoms with Gasteiger partial charge >= 0.3 is 0 Å². The quantitative estimate of drug-likeness (QED) is 0.545. The molecule has 8 heteroatoms. The van der Waals surface area contributed by atoms with E-state index in [-0.39, 0.29) is 0 Å². The van der Waals surface area contributed by atoms with Gasteiger partial charge in [0.05, 0.1) is 0 Å². The minimum Gasteiger partial charge on any atom is -0.382 e. The second-order valence-electron chi connectivity index (χ2n) is 6.15. The molecule has 0 bridgehead atoms. The number of rotatable bonds is 5. The molecule has 0 unspecified atom stereocenters. The second-order valence-corrected chi connectivity index (χ2v) is 7.63. The maximum Gasteiger partial charge on any atom is 0.175 e. The monoisotopic (exact) mass is 396 g/mol. The topological polar surface area (TPSA) is 82.5 Å². The Balaban J connectivity index is 1.73. The summed E-state index contributed by atoms with van der Waals surface area (Å²) in [6, 6.07) is 9.96. The average Bonchev–Trinajstić information content (AvgIpc) is 2.98. The molecule has 3 aromatic heterocycles. The van der Waals surface area contributed by atoms with Gasteiger partial charge in [-0.25, -0.2) is 15.0 Å². The summed E-state index contributed by atoms with van der Waals surface area (Å²) in [6.07, 6.45) is 5.90. The summed E-state index contributed by atoms with van der Waals surface area (Å²) < 4.78 is 2.08. The van der Waals surface area contributed by atoms with E-state index in [0.717, 1.165) is 34.2 Å². The Kier molecular flexibility index (Phi) is 4.96. The third-order valence-electron chi connectivity index (χ3n) is 4.12. The van der Waals surface area contributed by atoms with Crippen LogP contribution in [0.5, 0.6) is 0 Å². The fraction of sp³-hybridized carbons (Fsp3) is 0.158. The van der Waals surface area contributed by atoms with Crippen LogP contribution >= 0.6 is 23.4 Å². The third-order valence-corrected chi connectivity index (χ3v) is 5.31. The number of nitrogens with two attached hydrogens (primary N) is 1. The van der Waals surface area contributed by atoms with Crippen molar-refractivity contribution in [2.45, 2.75) is 29.9 Å². The first kappa shape index (κ1) is 17.8. The number of hydrogen-bond donors (Lipinski definition) is 1. The Morgan fingerprint density at radius 3 is 2.74 bits per heavy atom. The lowest BCUT2D eigenvalue weighted by molar-refractivity contribution is 0.646. The Morgan fingerprint density at radius 1 is 1.15 bits per heavy atom. The minimum atomic E-state index is 0.381. The fourth-order valence-electron chi connectivity index (χ4n) is 2.87. The maximum atomic E-state index is 6.21. The summed E-state index contributed by atoms with van der Waals surface area (Å²) in [5.74, 6) is 0.381. The summed E-state index contributed by atoms with van der Waals surface area (Å²) in [6.45, 7) is 2.74. The van der Waals surface area contributed by atoms with E-state index in [4.69, 9.17) is 22.3 Å². The molecule has 0 fully saturated rings. The van der Waals surface area contributed by atoms with Crippen molar-refractivity contribution in [1.29, 1.82) is 0 Å². The predicted octanol–water partition coefficient (Wildman–Crippen LogP) is 4.16. The van der Waals surface area contributed by atoms with Crippen LogP contribution in [0, 0.1) is 6.92 Å². The number of nitrogens with zero attached hydrogens (tertiary/aromatic N) is 5. The lowest BCUT2D eigenvalue weighted by Gasteiger charge is -2.09. The lowest BCUT2D eigenvalue weighted by atomic mass is 10.2. The molecule has 136 valence electrons. The van der Waals surface area contributed by atoms with E-state index in [2.05, 4.69) is 25.6 Å². The van der Waals surface area contributed by atoms with Gasteiger partial charge in [0.25, 0.3) is 0 Å². The van der Waals surface area contributed by atoms with Gasteiger partial charge in [-0.1, -0.05) is 23.4 Å². The number of aromatic nitrogens is 5. The molecule has 0 atom stereocenters. The largest absolute Gasteiger partial charge is 0.382 e. The number of benzene rings is 1. The van der Waals surface area contributed by atoms with E-state index in [1.807, 2.05) is 31.2 Å². The van der Waals surface area contributed by atoms with Crippen LogP contribution < -0.4 is 5.73 Å². The van der Waals surface area contributed by atoms with Crippen LogP contribution in [0.25, 0.3) is 11.2 Å². The summed E-state index contributed by atoms with van der Waals surface area (Å²) in [7, 11) is 0. The molecular weight excluding hydrogens is 380 g/mol. The maximum absolute atomic E-state index is 6.21. The van der Waals surface area contributed by atoms with Gasteiger partial charge < -0.3 is 10.3 Å². The van der Waals surface area contributed by atoms with Crippen molar-refractivity contribution in [3.8, 4) is 0 Å². The molecule has 1 aromatic carbocycles. The molecule has 4 rings (SSSR count). The standard InChI is InChI=1S/C19H17ClN6S/c1-12-8-14(20)10-15(9-12)27-19-25-16-17(21)23-11-24-18(16)26(19)7-4-13-2-5-22-6-3-13/h2-3,5-6,8-11H,4,7H2,1H3,(H2,21,23,24). The van der Waals surface area contributed by atoms with Crippen LogP contribution in [0.2, 0.25) is 5.02 Å². The van der Waals surface area contributed by atoms with Crippen molar-refractivity contribution >= 4 is 40.3 Å². The first-order chi connectivity index (χ1) is 13.1. The molecule has 0 aliphatic rings. The van der Waals surface area contributed by atoms with Crippen LogP contribution in [0.4, 0.5) is 5.82 Å². The Morgan fingerprint density at radius 2 is 1.96 bits per heavy atom. The third kappa shape index (κ3) is 3.89. The zero-order chi connectivity index (χ0) is 18.8. The summed E-state index contributed by atoms with van der Waals surface area (Å²) in [4.78, 5) is 18.3. The van der Waals surface area contributed by atoms with E-state index in [9.17, 15) is 0 Å². The average molecular weight is 397 g/mol. The number of anilines is 1. The molecule has 27 heavy (non-hydrogen) atoms. The van der Waals surface area contributed by atoms with Gasteiger partial charge in [-0.15, -0.1) is 0 Å². The van der Waals surface area contributed by atoms with Crippen molar-refractivity contribution in [3.05, 3.63) is 65.2 Å². The fourth-order valence-corrected chi connectivity index (χ4v) is 4.29. The minimum absolute atomic E-state index is 0.381. The van der Waals surface area contributed by atoms with E-state index >= 15 is 0 Å². The molecule has 3 heterocycles. The van der Waals surface area contributed by atoms with Gasteiger partial charge in [0.2, 0.25) is 0 Å². The van der Waals surface area contributed by atoms with Gasteiger partial charge in [0.1, 0.15) is 6.33 Å². The first-order valence-corrected chi connectivity index (χ1v) is 9.60. The first-order valence-electron chi connectivity index (χ1n) is 8.41. The molecule has 0 saturated carbocycles. The van der Waals surface area contributed by atoms with Gasteiger partial charge in [-0.3, -0.25) is 4.98 Å². The van der Waals surface area contributed by atoms with Gasteiger partial charge in [-0.2, -0.15) is 0 Å². The Bertz CT molecular complexity index is 1080. The van der Waals surface area contributed by atoms with Gasteiger partial charge in [0, 0.05) is 28.9 Å². The van der Waals surface area contributed by atoms with Crippen molar-refractivity contribution in [1.82, 2.24) is 24.5 Å². The number of imidazole rings is 1. The second kappa shape index (κ2) is 7.54. The predicted molar refractivity (Wildman–Crippen MR) is 108 cm³/mol. The molecule has 0 radical (unpaired) electrons. The molecular formula is C19H17ClN6S. The van der Waals surface area contributed by atoms with Crippen LogP contribution in [0.15, 0.2) is 59.1 Å². The number of aryl methyl sites for hydroxylation is 3. The van der Waals surface area contributed by atoms with E-state index in [0.29, 0.717) is 16.4 Å². The van der Waals surface area contributed by atoms with Crippen molar-refractivity contribution in [2.75, 3.05) is 5.73 Å². The molecule has 6 nitrogen and oxygen atoms in total. The van der Waals surface area contributed by atoms with Crippen LogP contribution in [-0.4, -0.2) is 24.5 Å². The summed E-state index contributed by atoms with van der Waals surface area (Å²) in [5, 5.41) is 1.52. The smallest absolute Gasteiger partial charge is 0.175 e. The van der Waals surface area contributed by atoms with E-state index < -0.39 is 0 Å². The number of nitrogen functional groups attached to an aromatic ring is 1. The zero-order valence-corrected chi connectivity index (χ0v) is 16.2. The number of fused-ring (bicyclic) bond motifs is 1. The number of hydrogen-bond acceptors (Lipinski definition) is 6. The molecule has 0 spiro atoms. The van der Waals surface area contributed by atoms with Crippen molar-refractivity contribution in [2.24, 2.45) is 0 Å². The molecule has 2 N–H and O–H groups in total. The molecule has 0 aliphatic carbocycles. The molecule has 4 aromatic rings. The Labute approximate surface area is 165 Å². The number of pyridine rings is 1. The van der Waals surface area contributed by atoms with Crippen LogP contribution in [-0.2, 0) is 13.0 Å². The highest BCUT2D eigenvalue weighted by Crippen LogP contribution is 2.33. The van der Waals surface area contributed by atoms with Crippen molar-refractivity contribution < 1.29 is 0 Å².